The number of ether oxygens (including phenoxy) is 2. The molecule has 0 unspecified atom stereocenters. The molecule has 1 amide bonds. The first-order chi connectivity index (χ1) is 13.1. The Balaban J connectivity index is 2.17. The molecular weight excluding hydrogens is 360 g/mol. The SMILES string of the molecule is CCOc1ccc2oc(C(=O)O[C@H](C)C(=O)N[C@@](C)(C#N)C(C)C)c(C)c2c1. The van der Waals surface area contributed by atoms with Crippen molar-refractivity contribution in [1.29, 1.82) is 5.26 Å². The Kier molecular flexibility index (Phi) is 6.34. The van der Waals surface area contributed by atoms with Gasteiger partial charge < -0.3 is 19.2 Å². The van der Waals surface area contributed by atoms with Crippen molar-refractivity contribution >= 4 is 22.8 Å². The minimum absolute atomic E-state index is 0.0372. The number of rotatable bonds is 7. The highest BCUT2D eigenvalue weighted by Crippen LogP contribution is 2.29. The van der Waals surface area contributed by atoms with Crippen molar-refractivity contribution in [3.8, 4) is 11.8 Å². The number of hydrogen-bond donors (Lipinski definition) is 1. The van der Waals surface area contributed by atoms with Crippen molar-refractivity contribution in [3.05, 3.63) is 29.5 Å². The average molecular weight is 386 g/mol. The van der Waals surface area contributed by atoms with Crippen LogP contribution in [0.4, 0.5) is 0 Å². The van der Waals surface area contributed by atoms with Gasteiger partial charge in [0.25, 0.3) is 5.91 Å². The maximum atomic E-state index is 12.5. The Morgan fingerprint density at radius 1 is 1.32 bits per heavy atom. The normalized spacial score (nSPS) is 14.2. The summed E-state index contributed by atoms with van der Waals surface area (Å²) in [7, 11) is 0. The lowest BCUT2D eigenvalue weighted by atomic mass is 9.90. The van der Waals surface area contributed by atoms with Crippen LogP contribution in [-0.2, 0) is 9.53 Å². The number of carbonyl (C=O) groups is 2. The van der Waals surface area contributed by atoms with Gasteiger partial charge in [0, 0.05) is 10.9 Å². The van der Waals surface area contributed by atoms with Crippen LogP contribution in [0.2, 0.25) is 0 Å². The molecule has 1 aromatic carbocycles. The van der Waals surface area contributed by atoms with Crippen LogP contribution < -0.4 is 10.1 Å². The third-order valence-corrected chi connectivity index (χ3v) is 4.83. The van der Waals surface area contributed by atoms with Gasteiger partial charge in [-0.25, -0.2) is 4.79 Å². The number of benzene rings is 1. The second-order valence-electron chi connectivity index (χ2n) is 7.15. The van der Waals surface area contributed by atoms with E-state index in [0.29, 0.717) is 23.5 Å². The smallest absolute Gasteiger partial charge is 0.375 e. The van der Waals surface area contributed by atoms with Crippen LogP contribution in [0, 0.1) is 24.2 Å². The summed E-state index contributed by atoms with van der Waals surface area (Å²) < 4.78 is 16.4. The molecule has 0 radical (unpaired) electrons. The van der Waals surface area contributed by atoms with Crippen LogP contribution in [0.15, 0.2) is 22.6 Å². The Labute approximate surface area is 164 Å². The van der Waals surface area contributed by atoms with Gasteiger partial charge in [0.05, 0.1) is 12.7 Å². The van der Waals surface area contributed by atoms with Gasteiger partial charge in [-0.3, -0.25) is 4.79 Å². The lowest BCUT2D eigenvalue weighted by molar-refractivity contribution is -0.130. The highest BCUT2D eigenvalue weighted by atomic mass is 16.6. The molecule has 0 fully saturated rings. The Hall–Kier alpha value is -3.01. The summed E-state index contributed by atoms with van der Waals surface area (Å²) in [5.41, 5.74) is 0.0861. The zero-order chi connectivity index (χ0) is 21.1. The van der Waals surface area contributed by atoms with Crippen LogP contribution in [-0.4, -0.2) is 30.1 Å². The predicted molar refractivity (Wildman–Crippen MR) is 104 cm³/mol. The average Bonchev–Trinajstić information content (AvgIpc) is 2.98. The monoisotopic (exact) mass is 386 g/mol. The number of nitrogens with one attached hydrogen (secondary N) is 1. The molecule has 1 aromatic heterocycles. The molecule has 0 saturated heterocycles. The molecule has 1 heterocycles. The van der Waals surface area contributed by atoms with Gasteiger partial charge in [-0.15, -0.1) is 0 Å². The molecule has 2 atom stereocenters. The van der Waals surface area contributed by atoms with E-state index in [1.807, 2.05) is 20.8 Å². The zero-order valence-electron chi connectivity index (χ0n) is 17.1. The minimum Gasteiger partial charge on any atom is -0.494 e. The molecule has 1 N–H and O–H groups in total. The number of aryl methyl sites for hydroxylation is 1. The van der Waals surface area contributed by atoms with Gasteiger partial charge >= 0.3 is 5.97 Å². The van der Waals surface area contributed by atoms with E-state index < -0.39 is 23.5 Å². The maximum Gasteiger partial charge on any atom is 0.375 e. The number of furan rings is 1. The zero-order valence-corrected chi connectivity index (χ0v) is 17.1. The summed E-state index contributed by atoms with van der Waals surface area (Å²) in [6, 6.07) is 7.37. The van der Waals surface area contributed by atoms with Crippen molar-refractivity contribution in [2.24, 2.45) is 5.92 Å². The molecular formula is C21H26N2O5. The molecule has 0 aliphatic rings. The summed E-state index contributed by atoms with van der Waals surface area (Å²) in [4.78, 5) is 24.9. The lowest BCUT2D eigenvalue weighted by Crippen LogP contribution is -2.52. The van der Waals surface area contributed by atoms with Crippen LogP contribution >= 0.6 is 0 Å². The van der Waals surface area contributed by atoms with Crippen LogP contribution in [0.25, 0.3) is 11.0 Å². The predicted octanol–water partition coefficient (Wildman–Crippen LogP) is 3.74. The van der Waals surface area contributed by atoms with E-state index in [9.17, 15) is 14.9 Å². The standard InChI is InChI=1S/C21H26N2O5/c1-7-26-15-8-9-17-16(10-15)13(4)18(28-17)20(25)27-14(5)19(24)23-21(6,11-22)12(2)3/h8-10,12,14H,7H2,1-6H3,(H,23,24)/t14-,21+/m1/s1. The Bertz CT molecular complexity index is 925. The number of carbonyl (C=O) groups excluding carboxylic acids is 2. The van der Waals surface area contributed by atoms with Crippen molar-refractivity contribution in [2.75, 3.05) is 6.61 Å². The van der Waals surface area contributed by atoms with Gasteiger partial charge in [0.1, 0.15) is 16.9 Å². The minimum atomic E-state index is -1.08. The topological polar surface area (TPSA) is 102 Å². The fourth-order valence-corrected chi connectivity index (χ4v) is 2.58. The van der Waals surface area contributed by atoms with Crippen molar-refractivity contribution in [1.82, 2.24) is 5.32 Å². The van der Waals surface area contributed by atoms with Crippen LogP contribution in [0.1, 0.15) is 50.7 Å². The second kappa shape index (κ2) is 8.34. The number of hydrogen-bond acceptors (Lipinski definition) is 6. The number of nitrogens with zero attached hydrogens (tertiary/aromatic N) is 1. The van der Waals surface area contributed by atoms with E-state index in [1.165, 1.54) is 6.92 Å². The van der Waals surface area contributed by atoms with Crippen LogP contribution in [0.3, 0.4) is 0 Å². The molecule has 0 aliphatic carbocycles. The van der Waals surface area contributed by atoms with E-state index in [-0.39, 0.29) is 11.7 Å². The maximum absolute atomic E-state index is 12.5. The first-order valence-electron chi connectivity index (χ1n) is 9.23. The summed E-state index contributed by atoms with van der Waals surface area (Å²) >= 11 is 0. The number of nitriles is 1. The molecule has 0 spiro atoms. The van der Waals surface area contributed by atoms with Gasteiger partial charge in [-0.2, -0.15) is 5.26 Å². The van der Waals surface area contributed by atoms with Crippen LogP contribution in [0.5, 0.6) is 5.75 Å². The number of esters is 1. The highest BCUT2D eigenvalue weighted by molar-refractivity contribution is 5.97. The molecule has 2 rings (SSSR count). The summed E-state index contributed by atoms with van der Waals surface area (Å²) in [5.74, 6) is -0.677. The quantitative estimate of drug-likeness (QED) is 0.727. The van der Waals surface area contributed by atoms with Crippen molar-refractivity contribution in [3.63, 3.8) is 0 Å². The first-order valence-corrected chi connectivity index (χ1v) is 9.23. The largest absolute Gasteiger partial charge is 0.494 e. The number of amides is 1. The molecule has 7 heteroatoms. The Morgan fingerprint density at radius 2 is 2.00 bits per heavy atom. The van der Waals surface area contributed by atoms with E-state index in [2.05, 4.69) is 11.4 Å². The summed E-state index contributed by atoms with van der Waals surface area (Å²) in [6.07, 6.45) is -1.08. The van der Waals surface area contributed by atoms with Crippen molar-refractivity contribution < 1.29 is 23.5 Å². The van der Waals surface area contributed by atoms with Gasteiger partial charge in [-0.1, -0.05) is 13.8 Å². The van der Waals surface area contributed by atoms with Gasteiger partial charge in [-0.05, 0) is 51.8 Å². The molecule has 0 bridgehead atoms. The fourth-order valence-electron chi connectivity index (χ4n) is 2.58. The molecule has 2 aromatic rings. The lowest BCUT2D eigenvalue weighted by Gasteiger charge is -2.28. The summed E-state index contributed by atoms with van der Waals surface area (Å²) in [5, 5.41) is 12.7. The van der Waals surface area contributed by atoms with E-state index in [0.717, 1.165) is 5.39 Å². The highest BCUT2D eigenvalue weighted by Gasteiger charge is 2.33. The van der Waals surface area contributed by atoms with E-state index in [4.69, 9.17) is 13.9 Å². The van der Waals surface area contributed by atoms with Gasteiger partial charge in [0.15, 0.2) is 6.10 Å². The molecule has 0 saturated carbocycles. The van der Waals surface area contributed by atoms with Crippen molar-refractivity contribution in [2.45, 2.75) is 53.2 Å². The second-order valence-corrected chi connectivity index (χ2v) is 7.15. The fraction of sp³-hybridized carbons (Fsp3) is 0.476. The molecule has 28 heavy (non-hydrogen) atoms. The van der Waals surface area contributed by atoms with E-state index >= 15 is 0 Å². The summed E-state index contributed by atoms with van der Waals surface area (Å²) in [6.45, 7) is 10.9. The molecule has 7 nitrogen and oxygen atoms in total. The number of fused-ring (bicyclic) bond motifs is 1. The third-order valence-electron chi connectivity index (χ3n) is 4.83. The first kappa shape index (κ1) is 21.3. The third kappa shape index (κ3) is 4.28. The molecule has 150 valence electrons. The Morgan fingerprint density at radius 3 is 2.57 bits per heavy atom. The molecule has 0 aliphatic heterocycles. The van der Waals surface area contributed by atoms with Gasteiger partial charge in [0.2, 0.25) is 5.76 Å². The van der Waals surface area contributed by atoms with E-state index in [1.54, 1.807) is 32.0 Å².